The van der Waals surface area contributed by atoms with Gasteiger partial charge in [0.1, 0.15) is 32.2 Å². The van der Waals surface area contributed by atoms with Crippen molar-refractivity contribution in [1.29, 1.82) is 0 Å². The summed E-state index contributed by atoms with van der Waals surface area (Å²) in [5.74, 6) is -2.39. The molecule has 0 spiro atoms. The maximum Gasteiger partial charge on any atom is 0.305 e. The number of carbonyl (C=O) groups is 4. The van der Waals surface area contributed by atoms with Crippen molar-refractivity contribution in [3.05, 3.63) is 77.5 Å². The number of aliphatic hydroxyl groups excluding tert-OH is 2. The fraction of sp³-hybridized carbons (Fsp3) is 0.519. The van der Waals surface area contributed by atoms with Gasteiger partial charge in [-0.2, -0.15) is 0 Å². The number of hydrogen-bond acceptors (Lipinski definition) is 14. The fourth-order valence-corrected chi connectivity index (χ4v) is 9.49. The lowest BCUT2D eigenvalue weighted by Gasteiger charge is -2.44. The Hall–Kier alpha value is -6.02. The third-order valence-corrected chi connectivity index (χ3v) is 13.3. The number of unbranched alkanes of at least 4 members (excludes halogenated alkanes) is 8. The van der Waals surface area contributed by atoms with Crippen molar-refractivity contribution in [2.45, 2.75) is 154 Å². The number of ether oxygens (including phenoxy) is 4. The smallest absolute Gasteiger partial charge is 0.305 e. The van der Waals surface area contributed by atoms with E-state index < -0.39 is 23.3 Å². The summed E-state index contributed by atoms with van der Waals surface area (Å²) in [7, 11) is 0. The highest BCUT2D eigenvalue weighted by Gasteiger charge is 2.48. The molecule has 14 nitrogen and oxygen atoms in total. The average molecular weight is 935 g/mol. The highest BCUT2D eigenvalue weighted by atomic mass is 16.6. The predicted octanol–water partition coefficient (Wildman–Crippen LogP) is 11.0. The lowest BCUT2D eigenvalue weighted by atomic mass is 9.71. The molecule has 2 atom stereocenters. The van der Waals surface area contributed by atoms with Crippen molar-refractivity contribution in [1.82, 2.24) is 0 Å². The van der Waals surface area contributed by atoms with Crippen molar-refractivity contribution < 1.29 is 48.3 Å². The van der Waals surface area contributed by atoms with E-state index in [1.807, 2.05) is 60.7 Å². The van der Waals surface area contributed by atoms with Crippen LogP contribution in [0.1, 0.15) is 147 Å². The monoisotopic (exact) mass is 935 g/mol. The van der Waals surface area contributed by atoms with Crippen LogP contribution in [0.2, 0.25) is 0 Å². The molecule has 0 bridgehead atoms. The van der Waals surface area contributed by atoms with Gasteiger partial charge in [-0.05, 0) is 54.2 Å². The minimum absolute atomic E-state index is 0.0510. The highest BCUT2D eigenvalue weighted by molar-refractivity contribution is 6.11. The van der Waals surface area contributed by atoms with Crippen LogP contribution in [0.5, 0.6) is 0 Å². The Morgan fingerprint density at radius 3 is 1.32 bits per heavy atom. The number of esters is 4. The van der Waals surface area contributed by atoms with Gasteiger partial charge >= 0.3 is 23.9 Å². The van der Waals surface area contributed by atoms with E-state index in [0.29, 0.717) is 65.1 Å². The van der Waals surface area contributed by atoms with Gasteiger partial charge in [-0.25, -0.2) is 0 Å². The van der Waals surface area contributed by atoms with E-state index in [-0.39, 0.29) is 81.7 Å². The van der Waals surface area contributed by atoms with Gasteiger partial charge in [0.25, 0.3) is 0 Å². The van der Waals surface area contributed by atoms with Crippen LogP contribution < -0.4 is 21.3 Å². The third-order valence-electron chi connectivity index (χ3n) is 13.3. The van der Waals surface area contributed by atoms with Crippen LogP contribution in [0.4, 0.5) is 22.7 Å². The number of anilines is 4. The Morgan fingerprint density at radius 1 is 0.515 bits per heavy atom. The quantitative estimate of drug-likeness (QED) is 0.0198. The minimum Gasteiger partial charge on any atom is -0.511 e. The van der Waals surface area contributed by atoms with Crippen LogP contribution in [0.3, 0.4) is 0 Å². The van der Waals surface area contributed by atoms with Crippen LogP contribution in [0.25, 0.3) is 27.1 Å². The van der Waals surface area contributed by atoms with Gasteiger partial charge in [-0.1, -0.05) is 128 Å². The van der Waals surface area contributed by atoms with E-state index in [2.05, 4.69) is 49.0 Å². The second-order valence-corrected chi connectivity index (χ2v) is 18.7. The van der Waals surface area contributed by atoms with E-state index in [1.54, 1.807) is 0 Å². The number of carbonyl (C=O) groups excluding carboxylic acids is 4. The van der Waals surface area contributed by atoms with Gasteiger partial charge < -0.3 is 50.4 Å². The topological polar surface area (TPSA) is 194 Å². The van der Waals surface area contributed by atoms with Crippen molar-refractivity contribution >= 4 is 73.7 Å². The lowest BCUT2D eigenvalue weighted by molar-refractivity contribution is -0.150. The summed E-state index contributed by atoms with van der Waals surface area (Å²) in [4.78, 5) is 52.2. The van der Waals surface area contributed by atoms with E-state index in [9.17, 15) is 29.4 Å². The maximum absolute atomic E-state index is 13.1. The number of hydrogen-bond donors (Lipinski definition) is 6. The Labute approximate surface area is 399 Å². The normalized spacial score (nSPS) is 17.2. The molecule has 7 rings (SSSR count). The molecule has 68 heavy (non-hydrogen) atoms. The van der Waals surface area contributed by atoms with Gasteiger partial charge in [-0.3, -0.25) is 19.2 Å². The molecule has 4 aromatic carbocycles. The van der Waals surface area contributed by atoms with Crippen LogP contribution in [-0.4, -0.2) is 77.9 Å². The molecule has 0 fully saturated rings. The summed E-state index contributed by atoms with van der Waals surface area (Å²) in [6.45, 7) is 7.58. The first-order chi connectivity index (χ1) is 33.0. The summed E-state index contributed by atoms with van der Waals surface area (Å²) in [6, 6.07) is 19.2. The van der Waals surface area contributed by atoms with Crippen LogP contribution in [0.15, 0.2) is 66.4 Å². The lowest BCUT2D eigenvalue weighted by Crippen LogP contribution is -2.56. The number of benzene rings is 4. The Bertz CT molecular complexity index is 2430. The van der Waals surface area contributed by atoms with Crippen molar-refractivity contribution in [3.8, 4) is 0 Å². The molecule has 0 saturated carbocycles. The molecule has 1 aliphatic carbocycles. The fourth-order valence-electron chi connectivity index (χ4n) is 9.49. The van der Waals surface area contributed by atoms with Gasteiger partial charge in [0.2, 0.25) is 0 Å². The van der Waals surface area contributed by atoms with Crippen molar-refractivity contribution in [3.63, 3.8) is 0 Å². The summed E-state index contributed by atoms with van der Waals surface area (Å²) < 4.78 is 23.6. The molecule has 14 heteroatoms. The van der Waals surface area contributed by atoms with Crippen LogP contribution in [0, 0.1) is 0 Å². The molecule has 0 saturated heterocycles. The predicted molar refractivity (Wildman–Crippen MR) is 267 cm³/mol. The minimum atomic E-state index is -1.29. The average Bonchev–Trinajstić information content (AvgIpc) is 3.33. The van der Waals surface area contributed by atoms with Gasteiger partial charge in [0, 0.05) is 59.0 Å². The van der Waals surface area contributed by atoms with Gasteiger partial charge in [0.15, 0.2) is 11.3 Å². The van der Waals surface area contributed by atoms with Crippen LogP contribution in [-0.2, 0) is 38.1 Å². The van der Waals surface area contributed by atoms with Gasteiger partial charge in [-0.15, -0.1) is 0 Å². The Balaban J connectivity index is 1.24. The molecule has 3 aliphatic rings. The van der Waals surface area contributed by atoms with E-state index in [4.69, 9.17) is 18.9 Å². The SMILES string of the molecule is CCCCCC(=O)OCC1(COC(=O)CCCCC)Nc2cccc3ccc(C4=C(O)C(c5ccc6cccc7c6c5NC(COC(=O)CCCCC)(COC(=O)CCCCC)N7)C4O)c(c23)N1. The molecule has 366 valence electrons. The van der Waals surface area contributed by atoms with Gasteiger partial charge in [0.05, 0.1) is 23.4 Å². The molecule has 0 radical (unpaired) electrons. The summed E-state index contributed by atoms with van der Waals surface area (Å²) >= 11 is 0. The zero-order chi connectivity index (χ0) is 48.3. The van der Waals surface area contributed by atoms with E-state index in [0.717, 1.165) is 72.9 Å². The molecule has 2 aliphatic heterocycles. The summed E-state index contributed by atoms with van der Waals surface area (Å²) in [5.41, 5.74) is 1.43. The zero-order valence-electron chi connectivity index (χ0n) is 40.2. The number of aliphatic hydroxyl groups is 2. The van der Waals surface area contributed by atoms with E-state index in [1.165, 1.54) is 0 Å². The molecule has 2 heterocycles. The molecule has 6 N–H and O–H groups in total. The molecule has 0 aromatic heterocycles. The molecular formula is C54H70N4O10. The third kappa shape index (κ3) is 11.3. The standard InChI is InChI=1S/C54H70N4O10/c1-5-9-13-23-41(59)65-31-53(32-66-42(60)24-14-10-6-2)55-39-21-17-19-35-27-29-37(49(57-53)45(35)39)47-51(63)48(52(47)64)38-30-28-36-20-18-22-40-46(36)50(38)58-54(56-40,33-67-43(61)25-15-11-7-3)34-68-44(62)26-16-12-8-4/h17-22,27-30,47,51,55-58,63-64H,5-16,23-26,31-34H2,1-4H3. The first kappa shape index (κ1) is 49.9. The summed E-state index contributed by atoms with van der Waals surface area (Å²) in [5, 5.41) is 42.2. The Kier molecular flexibility index (Phi) is 16.8. The number of nitrogens with one attached hydrogen (secondary N) is 4. The molecule has 2 unspecified atom stereocenters. The first-order valence-corrected chi connectivity index (χ1v) is 24.9. The molecular weight excluding hydrogens is 865 g/mol. The Morgan fingerprint density at radius 2 is 0.912 bits per heavy atom. The number of rotatable bonds is 26. The summed E-state index contributed by atoms with van der Waals surface area (Å²) in [6.07, 6.45) is 10.0. The van der Waals surface area contributed by atoms with Crippen molar-refractivity contribution in [2.24, 2.45) is 0 Å². The second-order valence-electron chi connectivity index (χ2n) is 18.7. The molecule has 4 aromatic rings. The first-order valence-electron chi connectivity index (χ1n) is 24.9. The highest BCUT2D eigenvalue weighted by Crippen LogP contribution is 2.54. The molecule has 0 amide bonds. The van der Waals surface area contributed by atoms with E-state index >= 15 is 0 Å². The second kappa shape index (κ2) is 22.9. The zero-order valence-corrected chi connectivity index (χ0v) is 40.2. The van der Waals surface area contributed by atoms with Crippen molar-refractivity contribution in [2.75, 3.05) is 47.7 Å². The largest absolute Gasteiger partial charge is 0.511 e. The maximum atomic E-state index is 13.1. The van der Waals surface area contributed by atoms with Crippen LogP contribution >= 0.6 is 0 Å².